The van der Waals surface area contributed by atoms with Gasteiger partial charge in [-0.1, -0.05) is 0 Å². The molecule has 1 saturated heterocycles. The van der Waals surface area contributed by atoms with E-state index in [1.807, 2.05) is 0 Å². The van der Waals surface area contributed by atoms with Crippen LogP contribution in [0.1, 0.15) is 126 Å². The van der Waals surface area contributed by atoms with Gasteiger partial charge in [0, 0.05) is 0 Å². The summed E-state index contributed by atoms with van der Waals surface area (Å²) in [6.45, 7) is 15.5. The Labute approximate surface area is 206 Å². The molecular weight excluding hydrogens is 498 g/mol. The van der Waals surface area contributed by atoms with Crippen LogP contribution in [0.2, 0.25) is 13.3 Å². The molecule has 0 aromatic carbocycles. The molecule has 0 aromatic heterocycles. The summed E-state index contributed by atoms with van der Waals surface area (Å²) < 4.78 is 19.7. The number of rotatable bonds is 18. The summed E-state index contributed by atoms with van der Waals surface area (Å²) in [7, 11) is -0.190. The molecule has 4 heteroatoms. The van der Waals surface area contributed by atoms with E-state index in [2.05, 4.69) is 70.7 Å². The minimum absolute atomic E-state index is 0.190. The van der Waals surface area contributed by atoms with Crippen LogP contribution in [-0.2, 0) is 9.31 Å². The molecule has 1 heterocycles. The Morgan fingerprint density at radius 2 is 1.06 bits per heavy atom. The van der Waals surface area contributed by atoms with Crippen molar-refractivity contribution < 1.29 is 9.31 Å². The molecule has 1 rings (SSSR count). The van der Waals surface area contributed by atoms with E-state index in [4.69, 9.17) is 9.31 Å². The molecule has 0 N–H and O–H groups in total. The molecule has 0 atom stereocenters. The Bertz CT molecular complexity index is 504. The van der Waals surface area contributed by atoms with E-state index in [-0.39, 0.29) is 18.3 Å². The van der Waals surface area contributed by atoms with E-state index in [0.29, 0.717) is 0 Å². The molecule has 0 spiro atoms. The van der Waals surface area contributed by atoms with Crippen LogP contribution in [0.5, 0.6) is 0 Å². The quantitative estimate of drug-likeness (QED) is 0.124. The van der Waals surface area contributed by atoms with Gasteiger partial charge in [-0.05, 0) is 27.7 Å². The van der Waals surface area contributed by atoms with Crippen LogP contribution in [0.15, 0.2) is 22.2 Å². The first-order valence-corrected chi connectivity index (χ1v) is 21.6. The molecule has 0 aromatic rings. The standard InChI is InChI=1S/C16H28BO2.3C4H9.Sn/c1-6-7-8-9-10-11-12-13-14-17-18-15(2,3)16(4,5)19-17;3*1-3-4-2;/h1,6,13-14H,7-12H2,2-5H3;3*1,3-4H2,2H3;/b6-1?,14-13+;;;;. The SMILES string of the molecule is CCC[CH2][Sn](/[CH]=C/CCCCCC/C=C/B1OC(C)(C)C(C)(C)O1)([CH2]CCC)[CH2]CCC. The summed E-state index contributed by atoms with van der Waals surface area (Å²) in [5.74, 6) is 2.11. The molecule has 1 aliphatic heterocycles. The van der Waals surface area contributed by atoms with Crippen LogP contribution in [0, 0.1) is 0 Å². The van der Waals surface area contributed by atoms with Crippen molar-refractivity contribution in [1.29, 1.82) is 0 Å². The van der Waals surface area contributed by atoms with E-state index in [9.17, 15) is 0 Å². The van der Waals surface area contributed by atoms with Gasteiger partial charge in [0.2, 0.25) is 0 Å². The van der Waals surface area contributed by atoms with Crippen LogP contribution < -0.4 is 0 Å². The second-order valence-corrected chi connectivity index (χ2v) is 24.1. The summed E-state index contributed by atoms with van der Waals surface area (Å²) in [5.41, 5.74) is -0.470. The van der Waals surface area contributed by atoms with Crippen molar-refractivity contribution >= 4 is 25.5 Å². The van der Waals surface area contributed by atoms with Gasteiger partial charge < -0.3 is 0 Å². The van der Waals surface area contributed by atoms with Gasteiger partial charge in [0.15, 0.2) is 0 Å². The van der Waals surface area contributed by atoms with E-state index >= 15 is 0 Å². The van der Waals surface area contributed by atoms with E-state index in [0.717, 1.165) is 6.42 Å². The Morgan fingerprint density at radius 3 is 1.50 bits per heavy atom. The third-order valence-electron chi connectivity index (χ3n) is 7.61. The minimum atomic E-state index is -2.04. The van der Waals surface area contributed by atoms with Crippen LogP contribution in [-0.4, -0.2) is 36.7 Å². The van der Waals surface area contributed by atoms with Crippen LogP contribution >= 0.6 is 0 Å². The van der Waals surface area contributed by atoms with Gasteiger partial charge >= 0.3 is 168 Å². The van der Waals surface area contributed by atoms with Crippen molar-refractivity contribution in [2.24, 2.45) is 0 Å². The van der Waals surface area contributed by atoms with Crippen molar-refractivity contribution in [3.63, 3.8) is 0 Å². The second kappa shape index (κ2) is 16.0. The maximum atomic E-state index is 6.03. The summed E-state index contributed by atoms with van der Waals surface area (Å²) in [6, 6.07) is 0. The molecule has 1 fully saturated rings. The molecule has 186 valence electrons. The second-order valence-electron chi connectivity index (χ2n) is 11.1. The zero-order chi connectivity index (χ0) is 23.9. The van der Waals surface area contributed by atoms with Crippen LogP contribution in [0.4, 0.5) is 0 Å². The molecule has 0 saturated carbocycles. The molecule has 0 radical (unpaired) electrons. The Balaban J connectivity index is 2.29. The predicted molar refractivity (Wildman–Crippen MR) is 147 cm³/mol. The molecule has 0 unspecified atom stereocenters. The Hall–Kier alpha value is 0.264. The van der Waals surface area contributed by atoms with Gasteiger partial charge in [-0.15, -0.1) is 0 Å². The molecule has 32 heavy (non-hydrogen) atoms. The van der Waals surface area contributed by atoms with E-state index in [1.165, 1.54) is 70.6 Å². The third-order valence-corrected chi connectivity index (χ3v) is 21.9. The number of hydrogen-bond donors (Lipinski definition) is 0. The average Bonchev–Trinajstić information content (AvgIpc) is 2.96. The first-order valence-electron chi connectivity index (χ1n) is 13.9. The van der Waals surface area contributed by atoms with Gasteiger partial charge in [-0.25, -0.2) is 0 Å². The van der Waals surface area contributed by atoms with Crippen molar-refractivity contribution in [1.82, 2.24) is 0 Å². The third kappa shape index (κ3) is 11.1. The zero-order valence-electron chi connectivity index (χ0n) is 22.8. The first kappa shape index (κ1) is 30.3. The van der Waals surface area contributed by atoms with E-state index in [1.54, 1.807) is 13.3 Å². The first-order chi connectivity index (χ1) is 15.2. The van der Waals surface area contributed by atoms with Gasteiger partial charge in [-0.3, -0.25) is 0 Å². The molecular formula is C28H55BO2Sn. The van der Waals surface area contributed by atoms with Crippen molar-refractivity contribution in [2.45, 2.75) is 150 Å². The fourth-order valence-electron chi connectivity index (χ4n) is 4.60. The number of unbranched alkanes of at least 4 members (excludes halogenated alkanes) is 8. The van der Waals surface area contributed by atoms with Crippen molar-refractivity contribution in [3.8, 4) is 0 Å². The van der Waals surface area contributed by atoms with Crippen LogP contribution in [0.3, 0.4) is 0 Å². The van der Waals surface area contributed by atoms with Gasteiger partial charge in [-0.2, -0.15) is 0 Å². The summed E-state index contributed by atoms with van der Waals surface area (Å²) in [5, 5.41) is 0. The maximum absolute atomic E-state index is 6.03. The monoisotopic (exact) mass is 554 g/mol. The fraction of sp³-hybridized carbons (Fsp3) is 0.857. The van der Waals surface area contributed by atoms with Crippen molar-refractivity contribution in [2.75, 3.05) is 0 Å². The number of hydrogen-bond acceptors (Lipinski definition) is 2. The Morgan fingerprint density at radius 1 is 0.625 bits per heavy atom. The predicted octanol–water partition coefficient (Wildman–Crippen LogP) is 9.46. The van der Waals surface area contributed by atoms with Gasteiger partial charge in [0.1, 0.15) is 0 Å². The van der Waals surface area contributed by atoms with Crippen molar-refractivity contribution in [3.05, 3.63) is 22.2 Å². The summed E-state index contributed by atoms with van der Waals surface area (Å²) in [4.78, 5) is 0. The average molecular weight is 553 g/mol. The normalized spacial score (nSPS) is 18.4. The summed E-state index contributed by atoms with van der Waals surface area (Å²) >= 11 is -2.04. The van der Waals surface area contributed by atoms with Crippen LogP contribution in [0.25, 0.3) is 0 Å². The van der Waals surface area contributed by atoms with Gasteiger partial charge in [0.05, 0.1) is 11.2 Å². The van der Waals surface area contributed by atoms with Gasteiger partial charge in [0.25, 0.3) is 0 Å². The van der Waals surface area contributed by atoms with E-state index < -0.39 is 18.4 Å². The zero-order valence-corrected chi connectivity index (χ0v) is 25.7. The molecule has 2 nitrogen and oxygen atoms in total. The topological polar surface area (TPSA) is 18.5 Å². The fourth-order valence-corrected chi connectivity index (χ4v) is 19.1. The number of allylic oxidation sites excluding steroid dienone is 2. The molecule has 0 amide bonds. The molecule has 1 aliphatic rings. The molecule has 0 bridgehead atoms. The Kier molecular flexibility index (Phi) is 15.2. The summed E-state index contributed by atoms with van der Waals surface area (Å²) in [6.07, 6.45) is 21.1. The molecule has 0 aliphatic carbocycles.